The Labute approximate surface area is 77.8 Å². The van der Waals surface area contributed by atoms with Crippen LogP contribution in [0.15, 0.2) is 24.1 Å². The zero-order chi connectivity index (χ0) is 9.42. The van der Waals surface area contributed by atoms with Gasteiger partial charge in [-0.15, -0.1) is 0 Å². The van der Waals surface area contributed by atoms with E-state index in [1.54, 1.807) is 6.33 Å². The van der Waals surface area contributed by atoms with Gasteiger partial charge < -0.3 is 0 Å². The van der Waals surface area contributed by atoms with Crippen molar-refractivity contribution in [3.05, 3.63) is 29.9 Å². The minimum Gasteiger partial charge on any atom is -0.242 e. The van der Waals surface area contributed by atoms with Gasteiger partial charge in [0.15, 0.2) is 5.82 Å². The van der Waals surface area contributed by atoms with Crippen molar-refractivity contribution in [2.45, 2.75) is 26.8 Å². The third-order valence-corrected chi connectivity index (χ3v) is 2.53. The normalized spacial score (nSPS) is 17.2. The zero-order valence-electron chi connectivity index (χ0n) is 8.04. The van der Waals surface area contributed by atoms with E-state index in [4.69, 9.17) is 0 Å². The maximum atomic E-state index is 4.19. The largest absolute Gasteiger partial charge is 0.242 e. The molecular weight excluding hydrogens is 162 g/mol. The van der Waals surface area contributed by atoms with E-state index in [9.17, 15) is 0 Å². The molecule has 2 heterocycles. The van der Waals surface area contributed by atoms with E-state index in [2.05, 4.69) is 30.5 Å². The van der Waals surface area contributed by atoms with Crippen LogP contribution in [0, 0.1) is 0 Å². The number of nitrogens with zero attached hydrogens (tertiary/aromatic N) is 3. The van der Waals surface area contributed by atoms with Crippen molar-refractivity contribution < 1.29 is 0 Å². The second kappa shape index (κ2) is 2.83. The van der Waals surface area contributed by atoms with Crippen LogP contribution in [0.3, 0.4) is 0 Å². The minimum absolute atomic E-state index is 0.847. The number of aromatic nitrogens is 3. The monoisotopic (exact) mass is 175 g/mol. The molecule has 0 N–H and O–H groups in total. The molecule has 1 aromatic rings. The van der Waals surface area contributed by atoms with Crippen molar-refractivity contribution in [3.63, 3.8) is 0 Å². The second-order valence-electron chi connectivity index (χ2n) is 3.58. The standard InChI is InChI=1S/C10H13N3/c1-7-4-8(2)10-11-6-12-13(10)5-9(7)3/h6H,2,4-5H2,1,3H3. The number of allylic oxidation sites excluding steroid dienone is 3. The van der Waals surface area contributed by atoms with Crippen LogP contribution in [0.4, 0.5) is 0 Å². The van der Waals surface area contributed by atoms with Gasteiger partial charge >= 0.3 is 0 Å². The molecule has 1 aliphatic rings. The van der Waals surface area contributed by atoms with E-state index in [1.165, 1.54) is 11.1 Å². The van der Waals surface area contributed by atoms with Crippen LogP contribution >= 0.6 is 0 Å². The molecular formula is C10H13N3. The molecule has 2 rings (SSSR count). The van der Waals surface area contributed by atoms with E-state index >= 15 is 0 Å². The summed E-state index contributed by atoms with van der Waals surface area (Å²) in [5.41, 5.74) is 3.81. The Balaban J connectivity index is 2.49. The zero-order valence-corrected chi connectivity index (χ0v) is 8.04. The highest BCUT2D eigenvalue weighted by Gasteiger charge is 2.14. The van der Waals surface area contributed by atoms with Crippen molar-refractivity contribution in [2.75, 3.05) is 0 Å². The van der Waals surface area contributed by atoms with Gasteiger partial charge in [0, 0.05) is 0 Å². The molecule has 0 aliphatic carbocycles. The van der Waals surface area contributed by atoms with Crippen molar-refractivity contribution in [3.8, 4) is 0 Å². The van der Waals surface area contributed by atoms with Crippen LogP contribution in [-0.2, 0) is 6.54 Å². The highest BCUT2D eigenvalue weighted by Crippen LogP contribution is 2.25. The predicted molar refractivity (Wildman–Crippen MR) is 52.0 cm³/mol. The molecule has 3 heteroatoms. The predicted octanol–water partition coefficient (Wildman–Crippen LogP) is 2.03. The van der Waals surface area contributed by atoms with Gasteiger partial charge in [0.2, 0.25) is 0 Å². The SMILES string of the molecule is C=C1CC(C)=C(C)Cn2ncnc21. The summed E-state index contributed by atoms with van der Waals surface area (Å²) in [5, 5.41) is 4.16. The number of hydrogen-bond acceptors (Lipinski definition) is 2. The van der Waals surface area contributed by atoms with Gasteiger partial charge in [0.25, 0.3) is 0 Å². The van der Waals surface area contributed by atoms with Gasteiger partial charge in [-0.1, -0.05) is 17.7 Å². The highest BCUT2D eigenvalue weighted by molar-refractivity contribution is 5.60. The Morgan fingerprint density at radius 2 is 2.15 bits per heavy atom. The van der Waals surface area contributed by atoms with E-state index in [0.29, 0.717) is 0 Å². The summed E-state index contributed by atoms with van der Waals surface area (Å²) >= 11 is 0. The fraction of sp³-hybridized carbons (Fsp3) is 0.400. The summed E-state index contributed by atoms with van der Waals surface area (Å²) in [7, 11) is 0. The van der Waals surface area contributed by atoms with Crippen LogP contribution in [0.25, 0.3) is 5.57 Å². The third-order valence-electron chi connectivity index (χ3n) is 2.53. The molecule has 0 atom stereocenters. The maximum Gasteiger partial charge on any atom is 0.153 e. The average molecular weight is 175 g/mol. The van der Waals surface area contributed by atoms with Gasteiger partial charge in [0.1, 0.15) is 6.33 Å². The average Bonchev–Trinajstić information content (AvgIpc) is 2.48. The summed E-state index contributed by atoms with van der Waals surface area (Å²) in [6.07, 6.45) is 2.51. The molecule has 0 unspecified atom stereocenters. The highest BCUT2D eigenvalue weighted by atomic mass is 15.3. The van der Waals surface area contributed by atoms with Crippen molar-refractivity contribution in [2.24, 2.45) is 0 Å². The lowest BCUT2D eigenvalue weighted by atomic mass is 10.1. The molecule has 0 bridgehead atoms. The van der Waals surface area contributed by atoms with Crippen molar-refractivity contribution in [1.29, 1.82) is 0 Å². The van der Waals surface area contributed by atoms with E-state index < -0.39 is 0 Å². The van der Waals surface area contributed by atoms with Crippen LogP contribution in [0.1, 0.15) is 26.1 Å². The van der Waals surface area contributed by atoms with Gasteiger partial charge in [-0.3, -0.25) is 0 Å². The molecule has 1 aromatic heterocycles. The van der Waals surface area contributed by atoms with Crippen molar-refractivity contribution in [1.82, 2.24) is 14.8 Å². The maximum absolute atomic E-state index is 4.19. The molecule has 3 nitrogen and oxygen atoms in total. The van der Waals surface area contributed by atoms with Gasteiger partial charge in [-0.05, 0) is 25.8 Å². The third kappa shape index (κ3) is 1.30. The quantitative estimate of drug-likeness (QED) is 0.565. The first-order valence-electron chi connectivity index (χ1n) is 4.39. The Hall–Kier alpha value is -1.38. The van der Waals surface area contributed by atoms with Crippen molar-refractivity contribution >= 4 is 5.57 Å². The first kappa shape index (κ1) is 8.23. The number of rotatable bonds is 0. The Kier molecular flexibility index (Phi) is 1.79. The summed E-state index contributed by atoms with van der Waals surface area (Å²) in [6.45, 7) is 9.15. The Morgan fingerprint density at radius 1 is 1.38 bits per heavy atom. The van der Waals surface area contributed by atoms with Gasteiger partial charge in [0.05, 0.1) is 6.54 Å². The Morgan fingerprint density at radius 3 is 2.92 bits per heavy atom. The molecule has 68 valence electrons. The molecule has 0 fully saturated rings. The molecule has 0 radical (unpaired) electrons. The smallest absolute Gasteiger partial charge is 0.153 e. The summed E-state index contributed by atoms with van der Waals surface area (Å²) in [4.78, 5) is 4.19. The lowest BCUT2D eigenvalue weighted by Gasteiger charge is -2.01. The number of fused-ring (bicyclic) bond motifs is 1. The molecule has 1 aliphatic heterocycles. The molecule has 0 spiro atoms. The van der Waals surface area contributed by atoms with E-state index in [-0.39, 0.29) is 0 Å². The van der Waals surface area contributed by atoms with Gasteiger partial charge in [-0.2, -0.15) is 5.10 Å². The number of hydrogen-bond donors (Lipinski definition) is 0. The van der Waals surface area contributed by atoms with Crippen LogP contribution in [0.5, 0.6) is 0 Å². The Bertz CT molecular complexity index is 385. The van der Waals surface area contributed by atoms with E-state index in [0.717, 1.165) is 24.4 Å². The first-order chi connectivity index (χ1) is 6.18. The fourth-order valence-electron chi connectivity index (χ4n) is 1.56. The van der Waals surface area contributed by atoms with Crippen LogP contribution < -0.4 is 0 Å². The first-order valence-corrected chi connectivity index (χ1v) is 4.39. The summed E-state index contributed by atoms with van der Waals surface area (Å²) in [6, 6.07) is 0. The lowest BCUT2D eigenvalue weighted by Crippen LogP contribution is -2.03. The topological polar surface area (TPSA) is 30.7 Å². The van der Waals surface area contributed by atoms with Crippen LogP contribution in [-0.4, -0.2) is 14.8 Å². The lowest BCUT2D eigenvalue weighted by molar-refractivity contribution is 0.668. The van der Waals surface area contributed by atoms with Gasteiger partial charge in [-0.25, -0.2) is 9.67 Å². The van der Waals surface area contributed by atoms with Crippen LogP contribution in [0.2, 0.25) is 0 Å². The second-order valence-corrected chi connectivity index (χ2v) is 3.58. The summed E-state index contributed by atoms with van der Waals surface area (Å²) in [5.74, 6) is 0.927. The summed E-state index contributed by atoms with van der Waals surface area (Å²) < 4.78 is 1.91. The molecule has 0 aromatic carbocycles. The fourth-order valence-corrected chi connectivity index (χ4v) is 1.56. The molecule has 0 saturated heterocycles. The minimum atomic E-state index is 0.847. The van der Waals surface area contributed by atoms with E-state index in [1.807, 2.05) is 4.68 Å². The molecule has 0 saturated carbocycles. The molecule has 0 amide bonds. The molecule has 13 heavy (non-hydrogen) atoms.